The molecule has 0 N–H and O–H groups in total. The van der Waals surface area contributed by atoms with Gasteiger partial charge in [-0.3, -0.25) is 13.7 Å². The Bertz CT molecular complexity index is 1350. The van der Waals surface area contributed by atoms with Gasteiger partial charge in [-0.05, 0) is 33.4 Å². The molecule has 6 aromatic rings. The molecule has 0 aromatic heterocycles. The minimum Gasteiger partial charge on any atom is -0.290 e. The zero-order valence-corrected chi connectivity index (χ0v) is 27.4. The van der Waals surface area contributed by atoms with Crippen LogP contribution in [0.1, 0.15) is 33.4 Å². The Hall–Kier alpha value is -4.58. The van der Waals surface area contributed by atoms with Crippen LogP contribution in [0, 0.1) is 0 Å². The molecule has 0 fully saturated rings. The first kappa shape index (κ1) is 31.4. The molecule has 1 radical (unpaired) electrons. The summed E-state index contributed by atoms with van der Waals surface area (Å²) in [6.07, 6.45) is 0. The molecule has 3 nitrogen and oxygen atoms in total. The SMILES string of the molecule is c1ccc(CN(Cc2ccccc2)[Si](N(Cc2ccccc2)Cc2ccccc2)N(Cc2ccccc2)Cc2ccccc2)cc1. The maximum Gasteiger partial charge on any atom is 0.329 e. The summed E-state index contributed by atoms with van der Waals surface area (Å²) in [5.41, 5.74) is 8.00. The number of nitrogens with zero attached hydrogens (tertiary/aromatic N) is 3. The monoisotopic (exact) mass is 616 g/mol. The Morgan fingerprint density at radius 3 is 0.543 bits per heavy atom. The fourth-order valence-electron chi connectivity index (χ4n) is 6.01. The highest BCUT2D eigenvalue weighted by Crippen LogP contribution is 2.24. The number of rotatable bonds is 15. The molecule has 0 unspecified atom stereocenters. The third-order valence-corrected chi connectivity index (χ3v) is 10.8. The van der Waals surface area contributed by atoms with E-state index in [2.05, 4.69) is 196 Å². The van der Waals surface area contributed by atoms with Crippen molar-refractivity contribution in [2.75, 3.05) is 0 Å². The zero-order chi connectivity index (χ0) is 31.2. The van der Waals surface area contributed by atoms with Crippen LogP contribution in [0.4, 0.5) is 0 Å². The second kappa shape index (κ2) is 16.6. The van der Waals surface area contributed by atoms with Crippen LogP contribution in [-0.2, 0) is 39.3 Å². The lowest BCUT2D eigenvalue weighted by atomic mass is 10.2. The Balaban J connectivity index is 1.50. The van der Waals surface area contributed by atoms with Crippen LogP contribution in [0.2, 0.25) is 0 Å². The van der Waals surface area contributed by atoms with Crippen molar-refractivity contribution in [3.05, 3.63) is 215 Å². The fraction of sp³-hybridized carbons (Fsp3) is 0.143. The molecule has 0 bridgehead atoms. The summed E-state index contributed by atoms with van der Waals surface area (Å²) in [7, 11) is -1.55. The van der Waals surface area contributed by atoms with E-state index in [0.29, 0.717) is 0 Å². The predicted octanol–water partition coefficient (Wildman–Crippen LogP) is 9.08. The van der Waals surface area contributed by atoms with Gasteiger partial charge in [0.05, 0.1) is 0 Å². The second-order valence-electron chi connectivity index (χ2n) is 11.8. The van der Waals surface area contributed by atoms with E-state index in [4.69, 9.17) is 0 Å². The van der Waals surface area contributed by atoms with Crippen LogP contribution < -0.4 is 0 Å². The highest BCUT2D eigenvalue weighted by Gasteiger charge is 2.36. The summed E-state index contributed by atoms with van der Waals surface area (Å²) in [4.78, 5) is 0. The molecule has 6 aromatic carbocycles. The lowest BCUT2D eigenvalue weighted by molar-refractivity contribution is 0.240. The van der Waals surface area contributed by atoms with Gasteiger partial charge in [0.25, 0.3) is 0 Å². The summed E-state index contributed by atoms with van der Waals surface area (Å²) in [5.74, 6) is 0. The van der Waals surface area contributed by atoms with Crippen molar-refractivity contribution in [1.29, 1.82) is 0 Å². The van der Waals surface area contributed by atoms with Gasteiger partial charge < -0.3 is 0 Å². The molecule has 4 heteroatoms. The minimum atomic E-state index is -1.55. The van der Waals surface area contributed by atoms with Gasteiger partial charge in [0.1, 0.15) is 0 Å². The van der Waals surface area contributed by atoms with E-state index < -0.39 is 9.28 Å². The predicted molar refractivity (Wildman–Crippen MR) is 192 cm³/mol. The summed E-state index contributed by atoms with van der Waals surface area (Å²) < 4.78 is 8.31. The Morgan fingerprint density at radius 2 is 0.391 bits per heavy atom. The zero-order valence-electron chi connectivity index (χ0n) is 26.4. The van der Waals surface area contributed by atoms with Gasteiger partial charge in [-0.25, -0.2) is 0 Å². The van der Waals surface area contributed by atoms with Gasteiger partial charge in [0, 0.05) is 39.3 Å². The second-order valence-corrected chi connectivity index (χ2v) is 14.3. The van der Waals surface area contributed by atoms with Crippen molar-refractivity contribution >= 4 is 9.28 Å². The van der Waals surface area contributed by atoms with Crippen molar-refractivity contribution in [3.63, 3.8) is 0 Å². The fourth-order valence-corrected chi connectivity index (χ4v) is 9.16. The number of benzene rings is 6. The summed E-state index contributed by atoms with van der Waals surface area (Å²) in [5, 5.41) is 0. The van der Waals surface area contributed by atoms with Crippen molar-refractivity contribution in [2.24, 2.45) is 0 Å². The maximum atomic E-state index is 2.77. The molecule has 0 aliphatic carbocycles. The molecular weight excluding hydrogens is 575 g/mol. The largest absolute Gasteiger partial charge is 0.329 e. The van der Waals surface area contributed by atoms with Crippen LogP contribution in [0.5, 0.6) is 0 Å². The quantitative estimate of drug-likeness (QED) is 0.107. The number of hydrogen-bond acceptors (Lipinski definition) is 3. The van der Waals surface area contributed by atoms with E-state index in [1.165, 1.54) is 33.4 Å². The maximum absolute atomic E-state index is 2.77. The van der Waals surface area contributed by atoms with Crippen LogP contribution in [0.15, 0.2) is 182 Å². The molecule has 0 saturated carbocycles. The third-order valence-electron chi connectivity index (χ3n) is 8.15. The Kier molecular flexibility index (Phi) is 11.4. The topological polar surface area (TPSA) is 9.72 Å². The Morgan fingerprint density at radius 1 is 0.239 bits per heavy atom. The van der Waals surface area contributed by atoms with Crippen LogP contribution in [-0.4, -0.2) is 23.0 Å². The lowest BCUT2D eigenvalue weighted by Crippen LogP contribution is -2.61. The first-order valence-corrected chi connectivity index (χ1v) is 17.5. The Labute approximate surface area is 276 Å². The van der Waals surface area contributed by atoms with Crippen LogP contribution in [0.3, 0.4) is 0 Å². The molecule has 0 aliphatic heterocycles. The van der Waals surface area contributed by atoms with Gasteiger partial charge in [-0.2, -0.15) is 0 Å². The smallest absolute Gasteiger partial charge is 0.290 e. The van der Waals surface area contributed by atoms with Crippen LogP contribution in [0.25, 0.3) is 0 Å². The highest BCUT2D eigenvalue weighted by molar-refractivity contribution is 6.49. The third kappa shape index (κ3) is 9.22. The molecule has 0 atom stereocenters. The standard InChI is InChI=1S/C42H42N3Si/c1-7-19-37(20-8-1)31-43(32-38-21-9-2-10-22-38)46(44(33-39-23-11-3-12-24-39)34-40-25-13-4-14-26-40)45(35-41-27-15-5-16-28-41)36-42-29-17-6-18-30-42/h1-30H,31-36H2. The molecule has 6 rings (SSSR count). The molecule has 0 aliphatic rings. The van der Waals surface area contributed by atoms with Crippen molar-refractivity contribution in [1.82, 2.24) is 13.7 Å². The summed E-state index contributed by atoms with van der Waals surface area (Å²) in [6.45, 7) is 5.19. The molecule has 0 spiro atoms. The normalized spacial score (nSPS) is 11.5. The average molecular weight is 617 g/mol. The van der Waals surface area contributed by atoms with E-state index >= 15 is 0 Å². The van der Waals surface area contributed by atoms with E-state index in [9.17, 15) is 0 Å². The van der Waals surface area contributed by atoms with Crippen LogP contribution >= 0.6 is 0 Å². The average Bonchev–Trinajstić information content (AvgIpc) is 3.11. The van der Waals surface area contributed by atoms with Gasteiger partial charge in [-0.15, -0.1) is 0 Å². The van der Waals surface area contributed by atoms with E-state index in [1.54, 1.807) is 0 Å². The van der Waals surface area contributed by atoms with Gasteiger partial charge in [0.2, 0.25) is 0 Å². The van der Waals surface area contributed by atoms with Crippen molar-refractivity contribution < 1.29 is 0 Å². The molecule has 0 saturated heterocycles. The molecule has 0 amide bonds. The minimum absolute atomic E-state index is 0.865. The first-order chi connectivity index (χ1) is 22.8. The first-order valence-electron chi connectivity index (χ1n) is 16.2. The highest BCUT2D eigenvalue weighted by atomic mass is 28.3. The molecule has 0 heterocycles. The van der Waals surface area contributed by atoms with Gasteiger partial charge in [-0.1, -0.05) is 182 Å². The van der Waals surface area contributed by atoms with Crippen molar-refractivity contribution in [2.45, 2.75) is 39.3 Å². The summed E-state index contributed by atoms with van der Waals surface area (Å²) in [6, 6.07) is 66.0. The van der Waals surface area contributed by atoms with Gasteiger partial charge in [0.15, 0.2) is 0 Å². The molecule has 46 heavy (non-hydrogen) atoms. The molecular formula is C42H42N3Si. The van der Waals surface area contributed by atoms with E-state index in [1.807, 2.05) is 0 Å². The van der Waals surface area contributed by atoms with E-state index in [0.717, 1.165) is 39.3 Å². The lowest BCUT2D eigenvalue weighted by Gasteiger charge is -2.44. The summed E-state index contributed by atoms with van der Waals surface area (Å²) >= 11 is 0. The number of hydrogen-bond donors (Lipinski definition) is 0. The van der Waals surface area contributed by atoms with Crippen molar-refractivity contribution in [3.8, 4) is 0 Å². The van der Waals surface area contributed by atoms with Gasteiger partial charge >= 0.3 is 9.28 Å². The van der Waals surface area contributed by atoms with E-state index in [-0.39, 0.29) is 0 Å². The molecule has 229 valence electrons.